The fraction of sp³-hybridized carbons (Fsp3) is 0.500. The number of benzene rings is 1. The van der Waals surface area contributed by atoms with Crippen molar-refractivity contribution < 1.29 is 9.90 Å². The lowest BCUT2D eigenvalue weighted by molar-refractivity contribution is 0.0648. The summed E-state index contributed by atoms with van der Waals surface area (Å²) in [6.07, 6.45) is 0.951. The van der Waals surface area contributed by atoms with E-state index >= 15 is 0 Å². The van der Waals surface area contributed by atoms with Crippen LogP contribution >= 0.6 is 11.6 Å². The van der Waals surface area contributed by atoms with Crippen molar-refractivity contribution in [3.63, 3.8) is 0 Å². The summed E-state index contributed by atoms with van der Waals surface area (Å²) in [5.41, 5.74) is 1.59. The molecule has 0 bridgehead atoms. The molecule has 1 heterocycles. The van der Waals surface area contributed by atoms with Crippen LogP contribution in [0.15, 0.2) is 24.3 Å². The maximum atomic E-state index is 12.4. The van der Waals surface area contributed by atoms with E-state index in [-0.39, 0.29) is 18.6 Å². The number of carbonyl (C=O) groups is 1. The lowest BCUT2D eigenvalue weighted by Gasteiger charge is -2.25. The number of aliphatic hydroxyl groups excluding tert-OH is 1. The van der Waals surface area contributed by atoms with Crippen molar-refractivity contribution in [2.75, 3.05) is 13.2 Å². The minimum Gasteiger partial charge on any atom is -0.394 e. The van der Waals surface area contributed by atoms with Gasteiger partial charge in [0.25, 0.3) is 5.91 Å². The molecule has 3 nitrogen and oxygen atoms in total. The predicted octanol–water partition coefficient (Wildman–Crippen LogP) is 2.27. The Bertz CT molecular complexity index is 436. The molecule has 1 aromatic rings. The molecule has 2 atom stereocenters. The highest BCUT2D eigenvalue weighted by Gasteiger charge is 2.34. The smallest absolute Gasteiger partial charge is 0.254 e. The second-order valence-corrected chi connectivity index (χ2v) is 5.12. The van der Waals surface area contributed by atoms with Crippen molar-refractivity contribution in [1.29, 1.82) is 0 Å². The van der Waals surface area contributed by atoms with Crippen LogP contribution in [-0.4, -0.2) is 35.1 Å². The highest BCUT2D eigenvalue weighted by atomic mass is 35.5. The number of likely N-dealkylation sites (tertiary alicyclic amines) is 1. The molecular weight excluding hydrogens is 250 g/mol. The molecule has 1 fully saturated rings. The molecule has 1 aliphatic rings. The summed E-state index contributed by atoms with van der Waals surface area (Å²) in [7, 11) is 0. The first-order chi connectivity index (χ1) is 8.67. The summed E-state index contributed by atoms with van der Waals surface area (Å²) in [6, 6.07) is 7.32. The van der Waals surface area contributed by atoms with Gasteiger partial charge in [-0.15, -0.1) is 11.6 Å². The average molecular weight is 268 g/mol. The zero-order chi connectivity index (χ0) is 13.1. The van der Waals surface area contributed by atoms with Crippen LogP contribution < -0.4 is 0 Å². The molecular formula is C14H18ClNO2. The number of rotatable bonds is 3. The predicted molar refractivity (Wildman–Crippen MR) is 71.7 cm³/mol. The average Bonchev–Trinajstić information content (AvgIpc) is 2.79. The van der Waals surface area contributed by atoms with Gasteiger partial charge in [0.15, 0.2) is 0 Å². The monoisotopic (exact) mass is 267 g/mol. The number of hydrogen-bond donors (Lipinski definition) is 1. The van der Waals surface area contributed by atoms with E-state index in [9.17, 15) is 9.90 Å². The van der Waals surface area contributed by atoms with E-state index < -0.39 is 0 Å². The summed E-state index contributed by atoms with van der Waals surface area (Å²) in [6.45, 7) is 2.82. The van der Waals surface area contributed by atoms with Crippen LogP contribution in [0.25, 0.3) is 0 Å². The Morgan fingerprint density at radius 3 is 3.00 bits per heavy atom. The summed E-state index contributed by atoms with van der Waals surface area (Å²) in [5.74, 6) is 0.751. The first kappa shape index (κ1) is 13.4. The highest BCUT2D eigenvalue weighted by Crippen LogP contribution is 2.25. The molecule has 0 aliphatic carbocycles. The molecule has 1 aliphatic heterocycles. The number of amides is 1. The fourth-order valence-corrected chi connectivity index (χ4v) is 2.66. The molecule has 18 heavy (non-hydrogen) atoms. The quantitative estimate of drug-likeness (QED) is 0.854. The highest BCUT2D eigenvalue weighted by molar-refractivity contribution is 6.17. The van der Waals surface area contributed by atoms with E-state index in [1.54, 1.807) is 11.0 Å². The number of hydrogen-bond acceptors (Lipinski definition) is 2. The van der Waals surface area contributed by atoms with Crippen molar-refractivity contribution >= 4 is 17.5 Å². The SMILES string of the molecule is CC1CCN(C(=O)c2cccc(CCl)c2)C1CO. The Labute approximate surface area is 112 Å². The molecule has 1 aromatic carbocycles. The van der Waals surface area contributed by atoms with E-state index in [0.717, 1.165) is 18.5 Å². The number of carbonyl (C=O) groups excluding carboxylic acids is 1. The fourth-order valence-electron chi connectivity index (χ4n) is 2.49. The van der Waals surface area contributed by atoms with Gasteiger partial charge < -0.3 is 10.0 Å². The minimum absolute atomic E-state index is 0.00892. The standard InChI is InChI=1S/C14H18ClNO2/c1-10-5-6-16(13(10)9-17)14(18)12-4-2-3-11(7-12)8-15/h2-4,7,10,13,17H,5-6,8-9H2,1H3. The number of alkyl halides is 1. The molecule has 2 unspecified atom stereocenters. The minimum atomic E-state index is -0.0582. The molecule has 4 heteroatoms. The molecule has 0 aromatic heterocycles. The van der Waals surface area contributed by atoms with Crippen LogP contribution in [0.4, 0.5) is 0 Å². The molecule has 98 valence electrons. The van der Waals surface area contributed by atoms with Gasteiger partial charge in [-0.3, -0.25) is 4.79 Å². The lowest BCUT2D eigenvalue weighted by atomic mass is 10.0. The topological polar surface area (TPSA) is 40.5 Å². The first-order valence-corrected chi connectivity index (χ1v) is 6.77. The van der Waals surface area contributed by atoms with Crippen molar-refractivity contribution in [2.45, 2.75) is 25.3 Å². The van der Waals surface area contributed by atoms with Gasteiger partial charge in [0, 0.05) is 18.0 Å². The van der Waals surface area contributed by atoms with Crippen LogP contribution in [0.1, 0.15) is 29.3 Å². The van der Waals surface area contributed by atoms with Gasteiger partial charge in [0.2, 0.25) is 0 Å². The third-order valence-corrected chi connectivity index (χ3v) is 3.97. The first-order valence-electron chi connectivity index (χ1n) is 6.24. The van der Waals surface area contributed by atoms with E-state index in [4.69, 9.17) is 11.6 Å². The Morgan fingerprint density at radius 2 is 2.33 bits per heavy atom. The zero-order valence-electron chi connectivity index (χ0n) is 10.5. The summed E-state index contributed by atoms with van der Waals surface area (Å²) in [5, 5.41) is 9.39. The summed E-state index contributed by atoms with van der Waals surface area (Å²) < 4.78 is 0. The van der Waals surface area contributed by atoms with Gasteiger partial charge in [-0.25, -0.2) is 0 Å². The molecule has 1 saturated heterocycles. The van der Waals surface area contributed by atoms with Crippen LogP contribution in [0.3, 0.4) is 0 Å². The van der Waals surface area contributed by atoms with Crippen molar-refractivity contribution in [2.24, 2.45) is 5.92 Å². The number of aliphatic hydroxyl groups is 1. The van der Waals surface area contributed by atoms with E-state index in [0.29, 0.717) is 17.4 Å². The summed E-state index contributed by atoms with van der Waals surface area (Å²) >= 11 is 5.78. The van der Waals surface area contributed by atoms with Crippen molar-refractivity contribution in [1.82, 2.24) is 4.90 Å². The van der Waals surface area contributed by atoms with Crippen molar-refractivity contribution in [3.05, 3.63) is 35.4 Å². The second-order valence-electron chi connectivity index (χ2n) is 4.85. The van der Waals surface area contributed by atoms with Gasteiger partial charge >= 0.3 is 0 Å². The molecule has 0 radical (unpaired) electrons. The lowest BCUT2D eigenvalue weighted by Crippen LogP contribution is -2.39. The molecule has 0 spiro atoms. The van der Waals surface area contributed by atoms with Crippen LogP contribution in [0.5, 0.6) is 0 Å². The Hall–Kier alpha value is -1.06. The largest absolute Gasteiger partial charge is 0.394 e. The Kier molecular flexibility index (Phi) is 4.25. The third-order valence-electron chi connectivity index (χ3n) is 3.66. The van der Waals surface area contributed by atoms with E-state index in [1.165, 1.54) is 0 Å². The van der Waals surface area contributed by atoms with Gasteiger partial charge in [0.05, 0.1) is 12.6 Å². The van der Waals surface area contributed by atoms with Gasteiger partial charge in [-0.2, -0.15) is 0 Å². The Balaban J connectivity index is 2.20. The second kappa shape index (κ2) is 5.72. The third kappa shape index (κ3) is 2.52. The van der Waals surface area contributed by atoms with Crippen LogP contribution in [0.2, 0.25) is 0 Å². The van der Waals surface area contributed by atoms with Gasteiger partial charge in [-0.05, 0) is 30.0 Å². The van der Waals surface area contributed by atoms with E-state index in [2.05, 4.69) is 6.92 Å². The Morgan fingerprint density at radius 1 is 1.56 bits per heavy atom. The van der Waals surface area contributed by atoms with Gasteiger partial charge in [0.1, 0.15) is 0 Å². The molecule has 0 saturated carbocycles. The number of nitrogens with zero attached hydrogens (tertiary/aromatic N) is 1. The van der Waals surface area contributed by atoms with Crippen LogP contribution in [0, 0.1) is 5.92 Å². The maximum Gasteiger partial charge on any atom is 0.254 e. The normalized spacial score (nSPS) is 23.4. The molecule has 1 amide bonds. The zero-order valence-corrected chi connectivity index (χ0v) is 11.2. The maximum absolute atomic E-state index is 12.4. The van der Waals surface area contributed by atoms with Crippen molar-refractivity contribution in [3.8, 4) is 0 Å². The summed E-state index contributed by atoms with van der Waals surface area (Å²) in [4.78, 5) is 14.2. The van der Waals surface area contributed by atoms with Crippen LogP contribution in [-0.2, 0) is 5.88 Å². The van der Waals surface area contributed by atoms with Gasteiger partial charge in [-0.1, -0.05) is 19.1 Å². The number of halogens is 1. The molecule has 1 N–H and O–H groups in total. The van der Waals surface area contributed by atoms with E-state index in [1.807, 2.05) is 18.2 Å². The molecule has 2 rings (SSSR count).